The maximum atomic E-state index is 13.0. The number of aldehydes is 1. The van der Waals surface area contributed by atoms with Gasteiger partial charge in [-0.2, -0.15) is 0 Å². The molecule has 3 aliphatic rings. The number of halogens is 1. The van der Waals surface area contributed by atoms with Gasteiger partial charge in [0, 0.05) is 48.3 Å². The molecule has 182 valence electrons. The molecular formula is C26H34ClN5O2. The van der Waals surface area contributed by atoms with Crippen LogP contribution in [0.1, 0.15) is 68.9 Å². The van der Waals surface area contributed by atoms with Crippen molar-refractivity contribution in [3.8, 4) is 0 Å². The van der Waals surface area contributed by atoms with Crippen LogP contribution in [-0.4, -0.2) is 64.0 Å². The number of hydrogen-bond donors (Lipinski definition) is 2. The van der Waals surface area contributed by atoms with Gasteiger partial charge in [-0.3, -0.25) is 4.90 Å². The van der Waals surface area contributed by atoms with E-state index in [4.69, 9.17) is 11.6 Å². The van der Waals surface area contributed by atoms with Crippen LogP contribution >= 0.6 is 11.6 Å². The van der Waals surface area contributed by atoms with Crippen molar-refractivity contribution in [2.45, 2.75) is 69.2 Å². The lowest BCUT2D eigenvalue weighted by Crippen LogP contribution is -2.64. The Morgan fingerprint density at radius 2 is 2.00 bits per heavy atom. The monoisotopic (exact) mass is 483 g/mol. The number of aliphatic hydroxyl groups excluding tert-OH is 1. The second-order valence-electron chi connectivity index (χ2n) is 10.7. The highest BCUT2D eigenvalue weighted by Crippen LogP contribution is 2.44. The minimum Gasteiger partial charge on any atom is -0.387 e. The topological polar surface area (TPSA) is 81.6 Å². The smallest absolute Gasteiger partial charge is 0.146 e. The average molecular weight is 484 g/mol. The zero-order valence-corrected chi connectivity index (χ0v) is 20.9. The second kappa shape index (κ2) is 8.86. The summed E-state index contributed by atoms with van der Waals surface area (Å²) >= 11 is 6.39. The van der Waals surface area contributed by atoms with E-state index in [-0.39, 0.29) is 17.5 Å². The van der Waals surface area contributed by atoms with Gasteiger partial charge in [0.05, 0.1) is 11.8 Å². The predicted octanol–water partition coefficient (Wildman–Crippen LogP) is 3.42. The van der Waals surface area contributed by atoms with E-state index in [9.17, 15) is 9.90 Å². The largest absolute Gasteiger partial charge is 0.387 e. The molecule has 4 atom stereocenters. The Kier molecular flexibility index (Phi) is 6.17. The van der Waals surface area contributed by atoms with Crippen LogP contribution in [0.3, 0.4) is 0 Å². The minimum absolute atomic E-state index is 0.00323. The number of rotatable bonds is 5. The maximum Gasteiger partial charge on any atom is 0.146 e. The lowest BCUT2D eigenvalue weighted by atomic mass is 9.80. The molecule has 5 rings (SSSR count). The van der Waals surface area contributed by atoms with Gasteiger partial charge in [0.25, 0.3) is 0 Å². The van der Waals surface area contributed by atoms with Crippen molar-refractivity contribution in [2.24, 2.45) is 0 Å². The molecule has 2 aromatic rings. The molecule has 7 nitrogen and oxygen atoms in total. The lowest BCUT2D eigenvalue weighted by Gasteiger charge is -2.49. The SMILES string of the molecule is C[C@@H]1C[C@@H](O)c2ncnc(N3CCN([C@@](C=O)(c4cccc(Cl)c4)[C@@H]4CCC(C)(C)N4)CC3)c21. The summed E-state index contributed by atoms with van der Waals surface area (Å²) in [6.45, 7) is 9.46. The van der Waals surface area contributed by atoms with E-state index in [0.717, 1.165) is 67.9 Å². The Labute approximate surface area is 206 Å². The summed E-state index contributed by atoms with van der Waals surface area (Å²) in [5.74, 6) is 1.15. The van der Waals surface area contributed by atoms with Crippen LogP contribution in [0, 0.1) is 0 Å². The third-order valence-electron chi connectivity index (χ3n) is 8.00. The molecule has 2 saturated heterocycles. The van der Waals surface area contributed by atoms with Crippen LogP contribution in [0.15, 0.2) is 30.6 Å². The highest BCUT2D eigenvalue weighted by atomic mass is 35.5. The third kappa shape index (κ3) is 3.92. The molecule has 0 saturated carbocycles. The normalized spacial score (nSPS) is 28.5. The maximum absolute atomic E-state index is 13.0. The van der Waals surface area contributed by atoms with Crippen LogP contribution in [0.2, 0.25) is 5.02 Å². The van der Waals surface area contributed by atoms with E-state index in [1.807, 2.05) is 24.3 Å². The summed E-state index contributed by atoms with van der Waals surface area (Å²) in [5, 5.41) is 14.8. The van der Waals surface area contributed by atoms with Crippen LogP contribution in [0.5, 0.6) is 0 Å². The zero-order valence-electron chi connectivity index (χ0n) is 20.2. The summed E-state index contributed by atoms with van der Waals surface area (Å²) in [5.41, 5.74) is 1.97. The van der Waals surface area contributed by atoms with E-state index < -0.39 is 11.6 Å². The Bertz CT molecular complexity index is 1070. The molecule has 0 spiro atoms. The Balaban J connectivity index is 1.45. The molecule has 1 aromatic heterocycles. The number of carbonyl (C=O) groups excluding carboxylic acids is 1. The second-order valence-corrected chi connectivity index (χ2v) is 11.1. The number of carbonyl (C=O) groups is 1. The number of nitrogens with zero attached hydrogens (tertiary/aromatic N) is 4. The Morgan fingerprint density at radius 1 is 1.24 bits per heavy atom. The van der Waals surface area contributed by atoms with Crippen LogP contribution in [0.25, 0.3) is 0 Å². The van der Waals surface area contributed by atoms with Crippen LogP contribution in [0.4, 0.5) is 5.82 Å². The fourth-order valence-corrected chi connectivity index (χ4v) is 6.45. The molecule has 1 aromatic carbocycles. The molecule has 8 heteroatoms. The molecule has 0 bridgehead atoms. The van der Waals surface area contributed by atoms with Crippen molar-refractivity contribution in [1.29, 1.82) is 0 Å². The van der Waals surface area contributed by atoms with Gasteiger partial charge in [-0.15, -0.1) is 0 Å². The van der Waals surface area contributed by atoms with Gasteiger partial charge in [0.1, 0.15) is 24.0 Å². The zero-order chi connectivity index (χ0) is 24.1. The molecule has 0 radical (unpaired) electrons. The predicted molar refractivity (Wildman–Crippen MR) is 133 cm³/mol. The van der Waals surface area contributed by atoms with Gasteiger partial charge in [-0.1, -0.05) is 30.7 Å². The number of anilines is 1. The van der Waals surface area contributed by atoms with E-state index in [2.05, 4.69) is 45.9 Å². The Hall–Kier alpha value is -2.06. The first kappa shape index (κ1) is 23.7. The highest BCUT2D eigenvalue weighted by molar-refractivity contribution is 6.30. The molecule has 0 unspecified atom stereocenters. The molecule has 1 aliphatic carbocycles. The first-order valence-electron chi connectivity index (χ1n) is 12.3. The summed E-state index contributed by atoms with van der Waals surface area (Å²) in [6, 6.07) is 7.76. The quantitative estimate of drug-likeness (QED) is 0.630. The van der Waals surface area contributed by atoms with E-state index in [1.165, 1.54) is 0 Å². The van der Waals surface area contributed by atoms with Gasteiger partial charge in [0.2, 0.25) is 0 Å². The van der Waals surface area contributed by atoms with Crippen molar-refractivity contribution >= 4 is 23.7 Å². The summed E-state index contributed by atoms with van der Waals surface area (Å²) in [7, 11) is 0. The first-order valence-corrected chi connectivity index (χ1v) is 12.7. The number of aromatic nitrogens is 2. The van der Waals surface area contributed by atoms with Crippen molar-refractivity contribution in [3.05, 3.63) is 52.4 Å². The number of benzene rings is 1. The molecule has 3 heterocycles. The van der Waals surface area contributed by atoms with Crippen LogP contribution in [-0.2, 0) is 10.3 Å². The third-order valence-corrected chi connectivity index (χ3v) is 8.24. The molecular weight excluding hydrogens is 450 g/mol. The molecule has 0 amide bonds. The molecule has 34 heavy (non-hydrogen) atoms. The molecule has 2 aliphatic heterocycles. The lowest BCUT2D eigenvalue weighted by molar-refractivity contribution is -0.122. The minimum atomic E-state index is -0.790. The van der Waals surface area contributed by atoms with Gasteiger partial charge in [0.15, 0.2) is 0 Å². The number of piperazine rings is 1. The highest BCUT2D eigenvalue weighted by Gasteiger charge is 2.50. The fraction of sp³-hybridized carbons (Fsp3) is 0.577. The van der Waals surface area contributed by atoms with E-state index >= 15 is 0 Å². The number of fused-ring (bicyclic) bond motifs is 1. The van der Waals surface area contributed by atoms with Gasteiger partial charge in [-0.05, 0) is 56.7 Å². The number of hydrogen-bond acceptors (Lipinski definition) is 7. The summed E-state index contributed by atoms with van der Waals surface area (Å²) in [6.07, 6.45) is 4.80. The van der Waals surface area contributed by atoms with E-state index in [0.29, 0.717) is 11.4 Å². The van der Waals surface area contributed by atoms with Crippen molar-refractivity contribution < 1.29 is 9.90 Å². The standard InChI is InChI=1S/C26H34ClN5O2/c1-17-13-20(34)23-22(17)24(29-16-28-23)31-9-11-32(12-10-31)26(15-33,18-5-4-6-19(27)14-18)21-7-8-25(2,3)30-21/h4-6,14-17,20-21,30,34H,7-13H2,1-3H3/t17-,20-,21+,26+/m1/s1. The fourth-order valence-electron chi connectivity index (χ4n) is 6.26. The van der Waals surface area contributed by atoms with Crippen LogP contribution < -0.4 is 10.2 Å². The van der Waals surface area contributed by atoms with Gasteiger partial charge in [-0.25, -0.2) is 9.97 Å². The Morgan fingerprint density at radius 3 is 2.65 bits per heavy atom. The molecule has 2 N–H and O–H groups in total. The summed E-state index contributed by atoms with van der Waals surface area (Å²) in [4.78, 5) is 26.6. The van der Waals surface area contributed by atoms with Crippen molar-refractivity contribution in [2.75, 3.05) is 31.1 Å². The number of aliphatic hydroxyl groups is 1. The number of nitrogens with one attached hydrogen (secondary N) is 1. The first-order chi connectivity index (χ1) is 16.2. The summed E-state index contributed by atoms with van der Waals surface area (Å²) < 4.78 is 0. The van der Waals surface area contributed by atoms with E-state index in [1.54, 1.807) is 6.33 Å². The van der Waals surface area contributed by atoms with Crippen molar-refractivity contribution in [1.82, 2.24) is 20.2 Å². The molecule has 2 fully saturated rings. The average Bonchev–Trinajstić information content (AvgIpc) is 3.33. The van der Waals surface area contributed by atoms with Gasteiger partial charge >= 0.3 is 0 Å². The van der Waals surface area contributed by atoms with Gasteiger partial charge < -0.3 is 20.1 Å². The van der Waals surface area contributed by atoms with Crippen molar-refractivity contribution in [3.63, 3.8) is 0 Å².